The van der Waals surface area contributed by atoms with Gasteiger partial charge in [0.2, 0.25) is 11.5 Å². The van der Waals surface area contributed by atoms with E-state index in [0.717, 1.165) is 0 Å². The Morgan fingerprint density at radius 1 is 1.50 bits per heavy atom. The summed E-state index contributed by atoms with van der Waals surface area (Å²) >= 11 is 5.61. The Labute approximate surface area is 106 Å². The van der Waals surface area contributed by atoms with E-state index in [1.165, 1.54) is 18.2 Å². The average Bonchev–Trinajstić information content (AvgIpc) is 2.77. The van der Waals surface area contributed by atoms with Gasteiger partial charge in [-0.2, -0.15) is 0 Å². The lowest BCUT2D eigenvalue weighted by atomic mass is 10.2. The lowest BCUT2D eigenvalue weighted by molar-refractivity contribution is 0.0941. The third-order valence-electron chi connectivity index (χ3n) is 2.17. The highest BCUT2D eigenvalue weighted by Gasteiger charge is 2.15. The number of nitrogens with zero attached hydrogens (tertiary/aromatic N) is 2. The fourth-order valence-electron chi connectivity index (χ4n) is 1.27. The summed E-state index contributed by atoms with van der Waals surface area (Å²) < 4.78 is 17.2. The Morgan fingerprint density at radius 2 is 2.28 bits per heavy atom. The molecular weight excluding hydrogens is 263 g/mol. The molecule has 8 heteroatoms. The number of nitrogens with one attached hydrogen (secondary N) is 1. The highest BCUT2D eigenvalue weighted by atomic mass is 35.5. The van der Waals surface area contributed by atoms with Crippen LogP contribution in [0.3, 0.4) is 0 Å². The van der Waals surface area contributed by atoms with Crippen molar-refractivity contribution in [1.29, 1.82) is 0 Å². The van der Waals surface area contributed by atoms with Gasteiger partial charge in [0, 0.05) is 6.54 Å². The molecule has 0 aliphatic carbocycles. The Kier molecular flexibility index (Phi) is 3.42. The van der Waals surface area contributed by atoms with Gasteiger partial charge in [-0.25, -0.2) is 9.02 Å². The summed E-state index contributed by atoms with van der Waals surface area (Å²) in [7, 11) is 0. The van der Waals surface area contributed by atoms with Crippen LogP contribution in [0.25, 0.3) is 0 Å². The van der Waals surface area contributed by atoms with Gasteiger partial charge < -0.3 is 11.1 Å². The number of hydrogen-bond donors (Lipinski definition) is 2. The Hall–Kier alpha value is -2.15. The molecule has 0 fully saturated rings. The molecule has 0 atom stereocenters. The quantitative estimate of drug-likeness (QED) is 0.878. The van der Waals surface area contributed by atoms with Crippen molar-refractivity contribution in [2.24, 2.45) is 0 Å². The number of rotatable bonds is 3. The maximum Gasteiger partial charge on any atom is 0.277 e. The first-order valence-corrected chi connectivity index (χ1v) is 5.26. The summed E-state index contributed by atoms with van der Waals surface area (Å²) in [5.41, 5.74) is 5.90. The number of nitrogens with two attached hydrogens (primary N) is 1. The Balaban J connectivity index is 2.02. The molecule has 1 aromatic heterocycles. The zero-order chi connectivity index (χ0) is 13.1. The van der Waals surface area contributed by atoms with Gasteiger partial charge in [0.25, 0.3) is 5.91 Å². The summed E-state index contributed by atoms with van der Waals surface area (Å²) in [6.45, 7) is 0.158. The topological polar surface area (TPSA) is 94.0 Å². The lowest BCUT2D eigenvalue weighted by Crippen LogP contribution is -2.24. The van der Waals surface area contributed by atoms with Crippen LogP contribution < -0.4 is 11.1 Å². The first-order chi connectivity index (χ1) is 8.58. The molecule has 6 nitrogen and oxygen atoms in total. The van der Waals surface area contributed by atoms with Crippen LogP contribution in [0.5, 0.6) is 0 Å². The van der Waals surface area contributed by atoms with Crippen LogP contribution in [0.15, 0.2) is 22.8 Å². The van der Waals surface area contributed by atoms with Gasteiger partial charge in [0.05, 0.1) is 5.02 Å². The number of benzene rings is 1. The molecule has 2 rings (SSSR count). The molecule has 2 aromatic rings. The molecule has 0 radical (unpaired) electrons. The minimum atomic E-state index is -0.533. The molecule has 18 heavy (non-hydrogen) atoms. The van der Waals surface area contributed by atoms with Crippen LogP contribution in [0.1, 0.15) is 16.1 Å². The number of hydrogen-bond acceptors (Lipinski definition) is 5. The molecule has 0 aliphatic heterocycles. The van der Waals surface area contributed by atoms with Crippen molar-refractivity contribution in [3.05, 3.63) is 40.3 Å². The van der Waals surface area contributed by atoms with Gasteiger partial charge in [0.1, 0.15) is 5.82 Å². The number of halogens is 2. The van der Waals surface area contributed by atoms with E-state index in [1.807, 2.05) is 0 Å². The van der Waals surface area contributed by atoms with Gasteiger partial charge in [-0.15, -0.1) is 0 Å². The predicted molar refractivity (Wildman–Crippen MR) is 61.3 cm³/mol. The minimum absolute atomic E-state index is 0.00985. The lowest BCUT2D eigenvalue weighted by Gasteiger charge is -2.04. The van der Waals surface area contributed by atoms with E-state index in [1.54, 1.807) is 0 Å². The fourth-order valence-corrected chi connectivity index (χ4v) is 1.47. The van der Waals surface area contributed by atoms with Crippen LogP contribution >= 0.6 is 11.6 Å². The largest absolute Gasteiger partial charge is 0.379 e. The maximum atomic E-state index is 12.9. The van der Waals surface area contributed by atoms with Gasteiger partial charge in [-0.05, 0) is 28.0 Å². The SMILES string of the molecule is Nc1nonc1C(=O)NCc1ccc(F)c(Cl)c1. The highest BCUT2D eigenvalue weighted by Crippen LogP contribution is 2.16. The number of aromatic nitrogens is 2. The molecular formula is C10H8ClFN4O2. The van der Waals surface area contributed by atoms with Crippen molar-refractivity contribution in [1.82, 2.24) is 15.6 Å². The van der Waals surface area contributed by atoms with E-state index in [2.05, 4.69) is 20.3 Å². The Morgan fingerprint density at radius 3 is 2.89 bits per heavy atom. The summed E-state index contributed by atoms with van der Waals surface area (Å²) in [5.74, 6) is -1.14. The van der Waals surface area contributed by atoms with E-state index in [0.29, 0.717) is 5.56 Å². The Bertz CT molecular complexity index is 587. The van der Waals surface area contributed by atoms with Crippen molar-refractivity contribution in [2.45, 2.75) is 6.54 Å². The number of carbonyl (C=O) groups excluding carboxylic acids is 1. The fraction of sp³-hybridized carbons (Fsp3) is 0.100. The zero-order valence-corrected chi connectivity index (χ0v) is 9.74. The van der Waals surface area contributed by atoms with E-state index < -0.39 is 11.7 Å². The third-order valence-corrected chi connectivity index (χ3v) is 2.46. The van der Waals surface area contributed by atoms with Gasteiger partial charge in [-0.3, -0.25) is 4.79 Å². The van der Waals surface area contributed by atoms with Gasteiger partial charge in [-0.1, -0.05) is 17.7 Å². The molecule has 94 valence electrons. The number of nitrogen functional groups attached to an aromatic ring is 1. The molecule has 1 aromatic carbocycles. The zero-order valence-electron chi connectivity index (χ0n) is 8.98. The van der Waals surface area contributed by atoms with Crippen molar-refractivity contribution in [3.8, 4) is 0 Å². The third kappa shape index (κ3) is 2.57. The number of amides is 1. The maximum absolute atomic E-state index is 12.9. The predicted octanol–water partition coefficient (Wildman–Crippen LogP) is 1.37. The van der Waals surface area contributed by atoms with Crippen molar-refractivity contribution in [3.63, 3.8) is 0 Å². The van der Waals surface area contributed by atoms with E-state index in [-0.39, 0.29) is 23.1 Å². The molecule has 3 N–H and O–H groups in total. The first kappa shape index (κ1) is 12.3. The first-order valence-electron chi connectivity index (χ1n) is 4.88. The van der Waals surface area contributed by atoms with Crippen LogP contribution in [-0.2, 0) is 6.54 Å². The second-order valence-electron chi connectivity index (χ2n) is 3.43. The second kappa shape index (κ2) is 5.01. The van der Waals surface area contributed by atoms with Crippen LogP contribution in [0.4, 0.5) is 10.2 Å². The second-order valence-corrected chi connectivity index (χ2v) is 3.84. The van der Waals surface area contributed by atoms with Crippen molar-refractivity contribution in [2.75, 3.05) is 5.73 Å². The van der Waals surface area contributed by atoms with E-state index in [9.17, 15) is 9.18 Å². The normalized spacial score (nSPS) is 10.3. The number of anilines is 1. The number of carbonyl (C=O) groups is 1. The molecule has 0 bridgehead atoms. The molecule has 1 amide bonds. The minimum Gasteiger partial charge on any atom is -0.379 e. The summed E-state index contributed by atoms with van der Waals surface area (Å²) in [6, 6.07) is 4.14. The molecule has 0 saturated carbocycles. The summed E-state index contributed by atoms with van der Waals surface area (Å²) in [5, 5.41) is 9.15. The monoisotopic (exact) mass is 270 g/mol. The van der Waals surface area contributed by atoms with E-state index >= 15 is 0 Å². The van der Waals surface area contributed by atoms with Crippen molar-refractivity contribution < 1.29 is 13.8 Å². The molecule has 0 aliphatic rings. The van der Waals surface area contributed by atoms with Crippen LogP contribution in [0.2, 0.25) is 5.02 Å². The molecule has 0 unspecified atom stereocenters. The smallest absolute Gasteiger partial charge is 0.277 e. The van der Waals surface area contributed by atoms with Crippen molar-refractivity contribution >= 4 is 23.3 Å². The van der Waals surface area contributed by atoms with Crippen LogP contribution in [0, 0.1) is 5.82 Å². The molecule has 0 spiro atoms. The highest BCUT2D eigenvalue weighted by molar-refractivity contribution is 6.30. The average molecular weight is 271 g/mol. The molecule has 1 heterocycles. The van der Waals surface area contributed by atoms with Gasteiger partial charge >= 0.3 is 0 Å². The van der Waals surface area contributed by atoms with Gasteiger partial charge in [0.15, 0.2) is 0 Å². The summed E-state index contributed by atoms with van der Waals surface area (Å²) in [4.78, 5) is 11.6. The van der Waals surface area contributed by atoms with E-state index in [4.69, 9.17) is 17.3 Å². The van der Waals surface area contributed by atoms with Crippen LogP contribution in [-0.4, -0.2) is 16.2 Å². The molecule has 0 saturated heterocycles. The standard InChI is InChI=1S/C10H8ClFN4O2/c11-6-3-5(1-2-7(6)12)4-14-10(17)8-9(13)16-18-15-8/h1-3H,4H2,(H2,13,16)(H,14,17). The summed E-state index contributed by atoms with van der Waals surface area (Å²) in [6.07, 6.45) is 0.